The lowest BCUT2D eigenvalue weighted by Gasteiger charge is -2.30. The van der Waals surface area contributed by atoms with Crippen LogP contribution in [0.5, 0.6) is 0 Å². The number of rotatable bonds is 7. The van der Waals surface area contributed by atoms with Crippen LogP contribution in [0.1, 0.15) is 95.6 Å². The van der Waals surface area contributed by atoms with Crippen LogP contribution in [0.4, 0.5) is 5.69 Å². The number of anilines is 1. The second-order valence-electron chi connectivity index (χ2n) is 10.3. The summed E-state index contributed by atoms with van der Waals surface area (Å²) in [7, 11) is 0. The van der Waals surface area contributed by atoms with Gasteiger partial charge in [-0.1, -0.05) is 31.4 Å². The first-order valence-corrected chi connectivity index (χ1v) is 13.0. The molecule has 0 aromatic heterocycles. The maximum Gasteiger partial charge on any atom is 0.227 e. The fourth-order valence-electron chi connectivity index (χ4n) is 5.74. The predicted molar refractivity (Wildman–Crippen MR) is 130 cm³/mol. The molecule has 0 radical (unpaired) electrons. The molecule has 1 saturated heterocycles. The van der Waals surface area contributed by atoms with Crippen LogP contribution in [0, 0.1) is 11.8 Å². The highest BCUT2D eigenvalue weighted by atomic mass is 16.2. The van der Waals surface area contributed by atoms with Gasteiger partial charge in [0.2, 0.25) is 17.7 Å². The molecule has 3 aliphatic rings. The molecule has 2 N–H and O–H groups in total. The molecule has 3 fully saturated rings. The molecule has 1 aliphatic heterocycles. The maximum absolute atomic E-state index is 12.9. The van der Waals surface area contributed by atoms with Gasteiger partial charge in [0.25, 0.3) is 0 Å². The zero-order chi connectivity index (χ0) is 23.2. The summed E-state index contributed by atoms with van der Waals surface area (Å²) in [6.45, 7) is 2.77. The van der Waals surface area contributed by atoms with Gasteiger partial charge >= 0.3 is 0 Å². The average molecular weight is 454 g/mol. The van der Waals surface area contributed by atoms with Crippen molar-refractivity contribution in [3.8, 4) is 0 Å². The molecule has 1 aromatic rings. The highest BCUT2D eigenvalue weighted by Gasteiger charge is 2.29. The van der Waals surface area contributed by atoms with E-state index in [4.69, 9.17) is 0 Å². The number of nitrogens with zero attached hydrogens (tertiary/aromatic N) is 1. The number of carbonyl (C=O) groups excluding carboxylic acids is 3. The molecule has 180 valence electrons. The first-order chi connectivity index (χ1) is 16.0. The number of carbonyl (C=O) groups is 3. The van der Waals surface area contributed by atoms with E-state index in [-0.39, 0.29) is 35.7 Å². The van der Waals surface area contributed by atoms with Crippen molar-refractivity contribution in [1.29, 1.82) is 0 Å². The van der Waals surface area contributed by atoms with E-state index in [1.165, 1.54) is 32.1 Å². The van der Waals surface area contributed by atoms with Gasteiger partial charge in [0.05, 0.1) is 6.04 Å². The average Bonchev–Trinajstić information content (AvgIpc) is 3.26. The lowest BCUT2D eigenvalue weighted by molar-refractivity contribution is -0.127. The van der Waals surface area contributed by atoms with Crippen LogP contribution in [-0.2, 0) is 14.4 Å². The Morgan fingerprint density at radius 1 is 1.03 bits per heavy atom. The molecule has 6 heteroatoms. The molecule has 1 heterocycles. The van der Waals surface area contributed by atoms with E-state index in [1.54, 1.807) is 0 Å². The smallest absolute Gasteiger partial charge is 0.227 e. The number of hydrogen-bond acceptors (Lipinski definition) is 3. The monoisotopic (exact) mass is 453 g/mol. The van der Waals surface area contributed by atoms with E-state index in [2.05, 4.69) is 10.6 Å². The fraction of sp³-hybridized carbons (Fsp3) is 0.667. The zero-order valence-electron chi connectivity index (χ0n) is 20.0. The molecular weight excluding hydrogens is 414 g/mol. The summed E-state index contributed by atoms with van der Waals surface area (Å²) in [6.07, 6.45) is 11.8. The Balaban J connectivity index is 1.22. The molecule has 0 bridgehead atoms. The fourth-order valence-corrected chi connectivity index (χ4v) is 5.74. The molecule has 2 aliphatic carbocycles. The summed E-state index contributed by atoms with van der Waals surface area (Å²) in [5.41, 5.74) is 1.93. The Labute approximate surface area is 197 Å². The van der Waals surface area contributed by atoms with Crippen LogP contribution < -0.4 is 15.5 Å². The van der Waals surface area contributed by atoms with Crippen molar-refractivity contribution in [2.24, 2.45) is 11.8 Å². The van der Waals surface area contributed by atoms with E-state index in [0.29, 0.717) is 18.8 Å². The summed E-state index contributed by atoms with van der Waals surface area (Å²) >= 11 is 0. The van der Waals surface area contributed by atoms with Crippen molar-refractivity contribution in [1.82, 2.24) is 10.6 Å². The first kappa shape index (κ1) is 23.8. The first-order valence-electron chi connectivity index (χ1n) is 13.0. The Morgan fingerprint density at radius 3 is 2.48 bits per heavy atom. The summed E-state index contributed by atoms with van der Waals surface area (Å²) in [5.74, 6) is 1.02. The topological polar surface area (TPSA) is 78.5 Å². The van der Waals surface area contributed by atoms with Crippen molar-refractivity contribution >= 4 is 23.4 Å². The largest absolute Gasteiger partial charge is 0.353 e. The highest BCUT2D eigenvalue weighted by Crippen LogP contribution is 2.29. The van der Waals surface area contributed by atoms with Gasteiger partial charge in [-0.25, -0.2) is 0 Å². The lowest BCUT2D eigenvalue weighted by atomic mass is 9.84. The Hall–Kier alpha value is -2.37. The molecule has 1 aromatic carbocycles. The van der Waals surface area contributed by atoms with Gasteiger partial charge in [0.15, 0.2) is 0 Å². The molecule has 4 rings (SSSR count). The van der Waals surface area contributed by atoms with Gasteiger partial charge in [-0.15, -0.1) is 0 Å². The normalized spacial score (nSPS) is 25.0. The Bertz CT molecular complexity index is 841. The van der Waals surface area contributed by atoms with Gasteiger partial charge in [0, 0.05) is 37.0 Å². The number of benzene rings is 1. The third-order valence-electron chi connectivity index (χ3n) is 7.78. The van der Waals surface area contributed by atoms with E-state index in [0.717, 1.165) is 49.9 Å². The molecule has 1 unspecified atom stereocenters. The minimum atomic E-state index is -0.108. The third-order valence-corrected chi connectivity index (χ3v) is 7.78. The SMILES string of the molecule is CC(NC(=O)C1CCC(NC(=O)CC2CCCCC2)CC1)c1cccc(N2CCCC2=O)c1. The van der Waals surface area contributed by atoms with Crippen LogP contribution in [-0.4, -0.2) is 30.3 Å². The van der Waals surface area contributed by atoms with Gasteiger partial charge < -0.3 is 15.5 Å². The van der Waals surface area contributed by atoms with Gasteiger partial charge in [-0.05, 0) is 75.5 Å². The number of nitrogens with one attached hydrogen (secondary N) is 2. The van der Waals surface area contributed by atoms with Crippen molar-refractivity contribution in [3.05, 3.63) is 29.8 Å². The number of hydrogen-bond donors (Lipinski definition) is 2. The van der Waals surface area contributed by atoms with Crippen LogP contribution >= 0.6 is 0 Å². The molecule has 3 amide bonds. The third kappa shape index (κ3) is 6.36. The van der Waals surface area contributed by atoms with E-state index in [9.17, 15) is 14.4 Å². The lowest BCUT2D eigenvalue weighted by Crippen LogP contribution is -2.41. The molecule has 2 saturated carbocycles. The molecule has 0 spiro atoms. The van der Waals surface area contributed by atoms with Gasteiger partial charge in [-0.2, -0.15) is 0 Å². The van der Waals surface area contributed by atoms with Crippen molar-refractivity contribution in [2.45, 2.75) is 96.1 Å². The second kappa shape index (κ2) is 11.2. The van der Waals surface area contributed by atoms with E-state index in [1.807, 2.05) is 36.1 Å². The Morgan fingerprint density at radius 2 is 1.79 bits per heavy atom. The van der Waals surface area contributed by atoms with Gasteiger partial charge in [-0.3, -0.25) is 14.4 Å². The van der Waals surface area contributed by atoms with E-state index < -0.39 is 0 Å². The van der Waals surface area contributed by atoms with Crippen molar-refractivity contribution < 1.29 is 14.4 Å². The Kier molecular flexibility index (Phi) is 8.05. The zero-order valence-corrected chi connectivity index (χ0v) is 20.0. The van der Waals surface area contributed by atoms with Crippen LogP contribution in [0.25, 0.3) is 0 Å². The molecule has 33 heavy (non-hydrogen) atoms. The summed E-state index contributed by atoms with van der Waals surface area (Å²) < 4.78 is 0. The predicted octanol–water partition coefficient (Wildman–Crippen LogP) is 4.64. The van der Waals surface area contributed by atoms with Gasteiger partial charge in [0.1, 0.15) is 0 Å². The summed E-state index contributed by atoms with van der Waals surface area (Å²) in [6, 6.07) is 8.05. The highest BCUT2D eigenvalue weighted by molar-refractivity contribution is 5.95. The number of amides is 3. The molecule has 6 nitrogen and oxygen atoms in total. The van der Waals surface area contributed by atoms with Crippen LogP contribution in [0.15, 0.2) is 24.3 Å². The molecule has 1 atom stereocenters. The second-order valence-corrected chi connectivity index (χ2v) is 10.3. The van der Waals surface area contributed by atoms with Crippen molar-refractivity contribution in [2.75, 3.05) is 11.4 Å². The quantitative estimate of drug-likeness (QED) is 0.631. The minimum Gasteiger partial charge on any atom is -0.353 e. The maximum atomic E-state index is 12.9. The van der Waals surface area contributed by atoms with Crippen LogP contribution in [0.3, 0.4) is 0 Å². The van der Waals surface area contributed by atoms with Crippen LogP contribution in [0.2, 0.25) is 0 Å². The summed E-state index contributed by atoms with van der Waals surface area (Å²) in [4.78, 5) is 39.2. The summed E-state index contributed by atoms with van der Waals surface area (Å²) in [5, 5.41) is 6.40. The molecular formula is C27H39N3O3. The van der Waals surface area contributed by atoms with Crippen molar-refractivity contribution in [3.63, 3.8) is 0 Å². The van der Waals surface area contributed by atoms with E-state index >= 15 is 0 Å². The standard InChI is InChI=1S/C27H39N3O3/c1-19(22-9-5-10-24(18-22)30-16-6-11-26(30)32)28-27(33)21-12-14-23(15-13-21)29-25(31)17-20-7-3-2-4-8-20/h5,9-10,18-21,23H,2-4,6-8,11-17H2,1H3,(H,28,33)(H,29,31). The minimum absolute atomic E-state index is 0.00212.